The number of fused-ring (bicyclic) bond motifs is 1. The van der Waals surface area contributed by atoms with E-state index in [0.717, 1.165) is 5.56 Å². The van der Waals surface area contributed by atoms with E-state index in [4.69, 9.17) is 9.47 Å². The molecule has 0 radical (unpaired) electrons. The van der Waals surface area contributed by atoms with Crippen LogP contribution in [0.15, 0.2) is 36.9 Å². The van der Waals surface area contributed by atoms with Crippen molar-refractivity contribution in [3.8, 4) is 5.75 Å². The van der Waals surface area contributed by atoms with Crippen molar-refractivity contribution in [2.45, 2.75) is 51.4 Å². The molecule has 1 aromatic heterocycles. The van der Waals surface area contributed by atoms with Crippen molar-refractivity contribution in [2.24, 2.45) is 5.92 Å². The number of ether oxygens (including phenoxy) is 2. The number of carbonyl (C=O) groups excluding carboxylic acids is 2. The highest BCUT2D eigenvalue weighted by Gasteiger charge is 2.55. The van der Waals surface area contributed by atoms with Crippen LogP contribution in [0.1, 0.15) is 49.5 Å². The predicted octanol–water partition coefficient (Wildman–Crippen LogP) is 2.59. The minimum absolute atomic E-state index is 0.213. The minimum atomic E-state index is -0.958. The van der Waals surface area contributed by atoms with Crippen LogP contribution < -0.4 is 10.1 Å². The van der Waals surface area contributed by atoms with Gasteiger partial charge >= 0.3 is 5.97 Å². The fourth-order valence-corrected chi connectivity index (χ4v) is 4.14. The van der Waals surface area contributed by atoms with Gasteiger partial charge in [0.25, 0.3) is 0 Å². The molecule has 1 atom stereocenters. The lowest BCUT2D eigenvalue weighted by atomic mass is 9.73. The summed E-state index contributed by atoms with van der Waals surface area (Å²) in [5, 5.41) is 3.28. The second-order valence-electron chi connectivity index (χ2n) is 8.81. The van der Waals surface area contributed by atoms with Crippen molar-refractivity contribution in [2.75, 3.05) is 13.1 Å². The van der Waals surface area contributed by atoms with Crippen LogP contribution in [-0.4, -0.2) is 45.6 Å². The second-order valence-corrected chi connectivity index (χ2v) is 8.81. The summed E-state index contributed by atoms with van der Waals surface area (Å²) in [4.78, 5) is 30.7. The summed E-state index contributed by atoms with van der Waals surface area (Å²) in [5.41, 5.74) is -0.135. The van der Waals surface area contributed by atoms with Crippen LogP contribution in [0.5, 0.6) is 5.75 Å². The highest BCUT2D eigenvalue weighted by Crippen LogP contribution is 2.43. The molecule has 0 bridgehead atoms. The van der Waals surface area contributed by atoms with Gasteiger partial charge in [-0.3, -0.25) is 9.59 Å². The Labute approximate surface area is 170 Å². The number of hydrogen-bond donors (Lipinski definition) is 1. The van der Waals surface area contributed by atoms with E-state index in [9.17, 15) is 9.59 Å². The zero-order valence-electron chi connectivity index (χ0n) is 17.1. The van der Waals surface area contributed by atoms with Gasteiger partial charge in [-0.25, -0.2) is 4.98 Å². The molecule has 0 aliphatic carbocycles. The van der Waals surface area contributed by atoms with E-state index in [2.05, 4.69) is 10.3 Å². The average molecular weight is 397 g/mol. The zero-order chi connectivity index (χ0) is 20.6. The smallest absolute Gasteiger partial charge is 0.321 e. The molecule has 1 N–H and O–H groups in total. The quantitative estimate of drug-likeness (QED) is 0.633. The topological polar surface area (TPSA) is 82.5 Å². The van der Waals surface area contributed by atoms with Gasteiger partial charge in [-0.05, 0) is 51.6 Å². The van der Waals surface area contributed by atoms with Gasteiger partial charge in [0, 0.05) is 31.8 Å². The maximum Gasteiger partial charge on any atom is 0.321 e. The first kappa shape index (κ1) is 19.6. The molecule has 1 saturated heterocycles. The Morgan fingerprint density at radius 3 is 2.76 bits per heavy atom. The number of aromatic nitrogens is 2. The van der Waals surface area contributed by atoms with E-state index >= 15 is 0 Å². The molecule has 1 aromatic carbocycles. The first-order valence-electron chi connectivity index (χ1n) is 10.0. The molecule has 1 spiro atoms. The molecule has 0 saturated carbocycles. The Morgan fingerprint density at radius 2 is 2.10 bits per heavy atom. The summed E-state index contributed by atoms with van der Waals surface area (Å²) in [6.07, 6.45) is 6.47. The predicted molar refractivity (Wildman–Crippen MR) is 107 cm³/mol. The SMILES string of the molecule is CC(C)(C)OC(=O)C1C(=O)c2cc(Cn3ccnc3)ccc2OC12CCNCC2. The van der Waals surface area contributed by atoms with Gasteiger partial charge in [-0.2, -0.15) is 0 Å². The molecule has 0 amide bonds. The maximum absolute atomic E-state index is 13.6. The normalized spacial score (nSPS) is 20.8. The van der Waals surface area contributed by atoms with Crippen LogP contribution in [0.3, 0.4) is 0 Å². The Balaban J connectivity index is 1.70. The van der Waals surface area contributed by atoms with E-state index in [0.29, 0.717) is 43.8 Å². The lowest BCUT2D eigenvalue weighted by molar-refractivity contribution is -0.166. The fourth-order valence-electron chi connectivity index (χ4n) is 4.14. The van der Waals surface area contributed by atoms with Gasteiger partial charge in [0.1, 0.15) is 17.0 Å². The third-order valence-electron chi connectivity index (χ3n) is 5.43. The minimum Gasteiger partial charge on any atom is -0.485 e. The fraction of sp³-hybridized carbons (Fsp3) is 0.500. The number of piperidine rings is 1. The van der Waals surface area contributed by atoms with E-state index < -0.39 is 23.1 Å². The van der Waals surface area contributed by atoms with Crippen LogP contribution in [0, 0.1) is 5.92 Å². The first-order valence-corrected chi connectivity index (χ1v) is 10.0. The van der Waals surface area contributed by atoms with Crippen molar-refractivity contribution in [3.63, 3.8) is 0 Å². The maximum atomic E-state index is 13.6. The van der Waals surface area contributed by atoms with Crippen LogP contribution in [0.2, 0.25) is 0 Å². The zero-order valence-corrected chi connectivity index (χ0v) is 17.1. The van der Waals surface area contributed by atoms with Gasteiger partial charge < -0.3 is 19.4 Å². The molecular formula is C22H27N3O4. The molecule has 7 nitrogen and oxygen atoms in total. The number of hydrogen-bond acceptors (Lipinski definition) is 6. The molecule has 3 heterocycles. The third-order valence-corrected chi connectivity index (χ3v) is 5.43. The third kappa shape index (κ3) is 3.92. The Morgan fingerprint density at radius 1 is 1.34 bits per heavy atom. The molecule has 4 rings (SSSR count). The number of Topliss-reactive ketones (excluding diaryl/α,β-unsaturated/α-hetero) is 1. The Bertz CT molecular complexity index is 909. The number of carbonyl (C=O) groups is 2. The Kier molecular flexibility index (Phi) is 4.94. The first-order chi connectivity index (χ1) is 13.8. The molecule has 2 aromatic rings. The molecule has 154 valence electrons. The van der Waals surface area contributed by atoms with Crippen LogP contribution >= 0.6 is 0 Å². The van der Waals surface area contributed by atoms with Crippen molar-refractivity contribution < 1.29 is 19.1 Å². The van der Waals surface area contributed by atoms with Crippen molar-refractivity contribution in [1.82, 2.24) is 14.9 Å². The number of benzene rings is 1. The molecule has 2 aliphatic heterocycles. The highest BCUT2D eigenvalue weighted by molar-refractivity contribution is 6.12. The van der Waals surface area contributed by atoms with Gasteiger partial charge in [-0.1, -0.05) is 6.07 Å². The van der Waals surface area contributed by atoms with Crippen molar-refractivity contribution >= 4 is 11.8 Å². The van der Waals surface area contributed by atoms with Gasteiger partial charge in [0.2, 0.25) is 0 Å². The lowest BCUT2D eigenvalue weighted by Crippen LogP contribution is -2.59. The number of nitrogens with zero attached hydrogens (tertiary/aromatic N) is 2. The van der Waals surface area contributed by atoms with Gasteiger partial charge in [0.15, 0.2) is 11.7 Å². The van der Waals surface area contributed by atoms with E-state index in [1.165, 1.54) is 0 Å². The van der Waals surface area contributed by atoms with Crippen molar-refractivity contribution in [1.29, 1.82) is 0 Å². The number of esters is 1. The van der Waals surface area contributed by atoms with Crippen LogP contribution in [0.4, 0.5) is 0 Å². The van der Waals surface area contributed by atoms with E-state index in [1.807, 2.05) is 49.7 Å². The second kappa shape index (κ2) is 7.30. The highest BCUT2D eigenvalue weighted by atomic mass is 16.6. The largest absolute Gasteiger partial charge is 0.485 e. The number of ketones is 1. The lowest BCUT2D eigenvalue weighted by Gasteiger charge is -2.45. The summed E-state index contributed by atoms with van der Waals surface area (Å²) in [6.45, 7) is 7.41. The number of rotatable bonds is 3. The number of nitrogens with one attached hydrogen (secondary N) is 1. The monoisotopic (exact) mass is 397 g/mol. The summed E-state index contributed by atoms with van der Waals surface area (Å²) in [6, 6.07) is 5.62. The van der Waals surface area contributed by atoms with Crippen LogP contribution in [-0.2, 0) is 16.1 Å². The molecule has 2 aliphatic rings. The molecule has 29 heavy (non-hydrogen) atoms. The molecule has 7 heteroatoms. The van der Waals surface area contributed by atoms with Gasteiger partial charge in [-0.15, -0.1) is 0 Å². The molecule has 1 unspecified atom stereocenters. The molecule has 1 fully saturated rings. The van der Waals surface area contributed by atoms with E-state index in [-0.39, 0.29) is 5.78 Å². The summed E-state index contributed by atoms with van der Waals surface area (Å²) < 4.78 is 13.9. The van der Waals surface area contributed by atoms with Crippen molar-refractivity contribution in [3.05, 3.63) is 48.0 Å². The van der Waals surface area contributed by atoms with E-state index in [1.54, 1.807) is 12.5 Å². The average Bonchev–Trinajstić information content (AvgIpc) is 3.14. The van der Waals surface area contributed by atoms with Crippen LogP contribution in [0.25, 0.3) is 0 Å². The number of imidazole rings is 1. The standard InChI is InChI=1S/C22H27N3O4/c1-21(2,3)29-20(27)18-19(26)16-12-15(13-25-11-10-24-14-25)4-5-17(16)28-22(18)6-8-23-9-7-22/h4-5,10-12,14,18,23H,6-9,13H2,1-3H3. The van der Waals surface area contributed by atoms with Gasteiger partial charge in [0.05, 0.1) is 11.9 Å². The summed E-state index contributed by atoms with van der Waals surface area (Å²) in [5.74, 6) is -1.13. The molecular weight excluding hydrogens is 370 g/mol. The summed E-state index contributed by atoms with van der Waals surface area (Å²) >= 11 is 0. The summed E-state index contributed by atoms with van der Waals surface area (Å²) in [7, 11) is 0. The Hall–Kier alpha value is -2.67.